The second-order valence-corrected chi connectivity index (χ2v) is 4.68. The summed E-state index contributed by atoms with van der Waals surface area (Å²) in [5.41, 5.74) is 8.04. The van der Waals surface area contributed by atoms with Gasteiger partial charge in [-0.1, -0.05) is 23.7 Å². The normalized spacial score (nSPS) is 10.2. The van der Waals surface area contributed by atoms with Crippen LogP contribution in [-0.4, -0.2) is 10.9 Å². The molecule has 1 amide bonds. The molecule has 0 saturated carbocycles. The third-order valence-electron chi connectivity index (χ3n) is 2.71. The number of benzene rings is 1. The van der Waals surface area contributed by atoms with E-state index in [9.17, 15) is 4.79 Å². The second-order valence-electron chi connectivity index (χ2n) is 4.24. The summed E-state index contributed by atoms with van der Waals surface area (Å²) in [6.45, 7) is 1.87. The van der Waals surface area contributed by atoms with Crippen molar-refractivity contribution in [3.8, 4) is 0 Å². The number of rotatable bonds is 3. The van der Waals surface area contributed by atoms with E-state index < -0.39 is 0 Å². The molecule has 4 nitrogen and oxygen atoms in total. The molecule has 0 aliphatic rings. The van der Waals surface area contributed by atoms with Crippen molar-refractivity contribution in [3.05, 3.63) is 52.7 Å². The van der Waals surface area contributed by atoms with Gasteiger partial charge in [-0.3, -0.25) is 4.79 Å². The van der Waals surface area contributed by atoms with Crippen LogP contribution < -0.4 is 11.1 Å². The lowest BCUT2D eigenvalue weighted by molar-refractivity contribution is -0.115. The van der Waals surface area contributed by atoms with Crippen molar-refractivity contribution in [2.45, 2.75) is 13.3 Å². The Bertz CT molecular complexity index is 593. The van der Waals surface area contributed by atoms with Crippen molar-refractivity contribution in [1.82, 2.24) is 4.98 Å². The van der Waals surface area contributed by atoms with Gasteiger partial charge >= 0.3 is 0 Å². The van der Waals surface area contributed by atoms with E-state index in [-0.39, 0.29) is 12.3 Å². The van der Waals surface area contributed by atoms with Crippen LogP contribution in [0.2, 0.25) is 5.02 Å². The van der Waals surface area contributed by atoms with Gasteiger partial charge in [-0.15, -0.1) is 0 Å². The highest BCUT2D eigenvalue weighted by atomic mass is 35.5. The summed E-state index contributed by atoms with van der Waals surface area (Å²) < 4.78 is 0. The van der Waals surface area contributed by atoms with Crippen LogP contribution in [0, 0.1) is 6.92 Å². The van der Waals surface area contributed by atoms with E-state index in [1.165, 1.54) is 0 Å². The maximum atomic E-state index is 12.0. The lowest BCUT2D eigenvalue weighted by Gasteiger charge is -2.10. The molecule has 2 rings (SSSR count). The number of pyridine rings is 1. The van der Waals surface area contributed by atoms with Gasteiger partial charge in [0, 0.05) is 11.2 Å². The fraction of sp³-hybridized carbons (Fsp3) is 0.143. The van der Waals surface area contributed by atoms with Gasteiger partial charge in [0.05, 0.1) is 12.1 Å². The predicted octanol–water partition coefficient (Wildman–Crippen LogP) is 2.81. The summed E-state index contributed by atoms with van der Waals surface area (Å²) in [7, 11) is 0. The number of carbonyl (C=O) groups excluding carboxylic acids is 1. The number of nitrogens with two attached hydrogens (primary N) is 1. The molecule has 98 valence electrons. The van der Waals surface area contributed by atoms with E-state index in [1.54, 1.807) is 24.4 Å². The number of aryl methyl sites for hydroxylation is 1. The minimum atomic E-state index is -0.148. The Labute approximate surface area is 116 Å². The van der Waals surface area contributed by atoms with Crippen LogP contribution in [-0.2, 0) is 11.2 Å². The standard InChI is InChI=1S/C14H14ClN3O/c1-9-5-6-17-14(16)13(9)18-12(19)8-10-3-2-4-11(15)7-10/h2-7H,8H2,1H3,(H2,16,17)(H,18,19). The zero-order valence-electron chi connectivity index (χ0n) is 10.5. The predicted molar refractivity (Wildman–Crippen MR) is 77.2 cm³/mol. The number of carbonyl (C=O) groups is 1. The van der Waals surface area contributed by atoms with Gasteiger partial charge in [-0.25, -0.2) is 4.98 Å². The molecule has 1 aromatic carbocycles. The maximum Gasteiger partial charge on any atom is 0.228 e. The van der Waals surface area contributed by atoms with Crippen LogP contribution in [0.3, 0.4) is 0 Å². The zero-order valence-corrected chi connectivity index (χ0v) is 11.2. The molecule has 0 spiro atoms. The Balaban J connectivity index is 2.10. The Hall–Kier alpha value is -2.07. The van der Waals surface area contributed by atoms with Gasteiger partial charge < -0.3 is 11.1 Å². The first-order valence-corrected chi connectivity index (χ1v) is 6.19. The Kier molecular flexibility index (Phi) is 4.02. The number of halogens is 1. The van der Waals surface area contributed by atoms with Gasteiger partial charge in [-0.2, -0.15) is 0 Å². The SMILES string of the molecule is Cc1ccnc(N)c1NC(=O)Cc1cccc(Cl)c1. The molecule has 0 bridgehead atoms. The van der Waals surface area contributed by atoms with E-state index in [0.717, 1.165) is 11.1 Å². The Morgan fingerprint density at radius 3 is 2.89 bits per heavy atom. The number of amides is 1. The topological polar surface area (TPSA) is 68.0 Å². The first-order valence-electron chi connectivity index (χ1n) is 5.81. The molecule has 0 atom stereocenters. The van der Waals surface area contributed by atoms with Crippen molar-refractivity contribution in [3.63, 3.8) is 0 Å². The zero-order chi connectivity index (χ0) is 13.8. The summed E-state index contributed by atoms with van der Waals surface area (Å²) in [6, 6.07) is 9.00. The van der Waals surface area contributed by atoms with Crippen molar-refractivity contribution in [1.29, 1.82) is 0 Å². The van der Waals surface area contributed by atoms with Crippen molar-refractivity contribution in [2.24, 2.45) is 0 Å². The fourth-order valence-corrected chi connectivity index (χ4v) is 1.97. The van der Waals surface area contributed by atoms with Crippen molar-refractivity contribution >= 4 is 29.0 Å². The molecule has 2 aromatic rings. The van der Waals surface area contributed by atoms with E-state index >= 15 is 0 Å². The molecule has 5 heteroatoms. The largest absolute Gasteiger partial charge is 0.382 e. The average molecular weight is 276 g/mol. The first kappa shape index (κ1) is 13.4. The van der Waals surface area contributed by atoms with Crippen LogP contribution in [0.1, 0.15) is 11.1 Å². The number of nitrogens with one attached hydrogen (secondary N) is 1. The molecule has 0 fully saturated rings. The van der Waals surface area contributed by atoms with E-state index in [0.29, 0.717) is 16.5 Å². The fourth-order valence-electron chi connectivity index (χ4n) is 1.76. The van der Waals surface area contributed by atoms with Crippen LogP contribution >= 0.6 is 11.6 Å². The Morgan fingerprint density at radius 2 is 2.21 bits per heavy atom. The number of nitrogens with zero attached hydrogens (tertiary/aromatic N) is 1. The molecule has 0 radical (unpaired) electrons. The minimum absolute atomic E-state index is 0.148. The second kappa shape index (κ2) is 5.71. The maximum absolute atomic E-state index is 12.0. The summed E-state index contributed by atoms with van der Waals surface area (Å²) >= 11 is 5.88. The first-order chi connectivity index (χ1) is 9.06. The van der Waals surface area contributed by atoms with Gasteiger partial charge in [0.15, 0.2) is 0 Å². The molecule has 0 saturated heterocycles. The van der Waals surface area contributed by atoms with Crippen LogP contribution in [0.25, 0.3) is 0 Å². The quantitative estimate of drug-likeness (QED) is 0.905. The Morgan fingerprint density at radius 1 is 1.42 bits per heavy atom. The molecule has 0 aliphatic heterocycles. The molecule has 0 aliphatic carbocycles. The molecular formula is C14H14ClN3O. The van der Waals surface area contributed by atoms with Gasteiger partial charge in [0.1, 0.15) is 5.82 Å². The number of hydrogen-bond donors (Lipinski definition) is 2. The highest BCUT2D eigenvalue weighted by Gasteiger charge is 2.09. The lowest BCUT2D eigenvalue weighted by Crippen LogP contribution is -2.16. The highest BCUT2D eigenvalue weighted by molar-refractivity contribution is 6.30. The smallest absolute Gasteiger partial charge is 0.228 e. The van der Waals surface area contributed by atoms with Gasteiger partial charge in [0.25, 0.3) is 0 Å². The number of nitrogen functional groups attached to an aromatic ring is 1. The van der Waals surface area contributed by atoms with E-state index in [1.807, 2.05) is 19.1 Å². The number of anilines is 2. The van der Waals surface area contributed by atoms with Gasteiger partial charge in [0.2, 0.25) is 5.91 Å². The number of aromatic nitrogens is 1. The minimum Gasteiger partial charge on any atom is -0.382 e. The highest BCUT2D eigenvalue weighted by Crippen LogP contribution is 2.20. The van der Waals surface area contributed by atoms with Crippen molar-refractivity contribution < 1.29 is 4.79 Å². The summed E-state index contributed by atoms with van der Waals surface area (Å²) in [5.74, 6) is 0.171. The van der Waals surface area contributed by atoms with Crippen molar-refractivity contribution in [2.75, 3.05) is 11.1 Å². The third kappa shape index (κ3) is 3.45. The van der Waals surface area contributed by atoms with Crippen LogP contribution in [0.4, 0.5) is 11.5 Å². The van der Waals surface area contributed by atoms with Gasteiger partial charge in [-0.05, 0) is 36.2 Å². The summed E-state index contributed by atoms with van der Waals surface area (Å²) in [6.07, 6.45) is 1.85. The molecule has 19 heavy (non-hydrogen) atoms. The number of hydrogen-bond acceptors (Lipinski definition) is 3. The monoisotopic (exact) mass is 275 g/mol. The lowest BCUT2D eigenvalue weighted by atomic mass is 10.1. The summed E-state index contributed by atoms with van der Waals surface area (Å²) in [4.78, 5) is 15.9. The molecule has 1 aromatic heterocycles. The van der Waals surface area contributed by atoms with Crippen LogP contribution in [0.15, 0.2) is 36.5 Å². The molecule has 1 heterocycles. The molecule has 0 unspecified atom stereocenters. The molecule has 3 N–H and O–H groups in total. The third-order valence-corrected chi connectivity index (χ3v) is 2.94. The van der Waals surface area contributed by atoms with E-state index in [4.69, 9.17) is 17.3 Å². The molecular weight excluding hydrogens is 262 g/mol. The summed E-state index contributed by atoms with van der Waals surface area (Å²) in [5, 5.41) is 3.39. The van der Waals surface area contributed by atoms with E-state index in [2.05, 4.69) is 10.3 Å². The average Bonchev–Trinajstić information content (AvgIpc) is 2.34. The van der Waals surface area contributed by atoms with Crippen LogP contribution in [0.5, 0.6) is 0 Å².